The number of alkyl halides is 2. The van der Waals surface area contributed by atoms with Gasteiger partial charge in [0.2, 0.25) is 0 Å². The van der Waals surface area contributed by atoms with E-state index in [-0.39, 0.29) is 10.4 Å². The predicted octanol–water partition coefficient (Wildman–Crippen LogP) is 5.92. The van der Waals surface area contributed by atoms with E-state index in [1.807, 2.05) is 60.7 Å². The maximum Gasteiger partial charge on any atom is 0.387 e. The fourth-order valence-electron chi connectivity index (χ4n) is 2.50. The number of benzene rings is 2. The van der Waals surface area contributed by atoms with E-state index in [0.29, 0.717) is 11.4 Å². The number of pyridine rings is 1. The molecule has 0 amide bonds. The smallest absolute Gasteiger partial charge is 0.387 e. The fourth-order valence-corrected chi connectivity index (χ4v) is 3.08. The quantitative estimate of drug-likeness (QED) is 0.381. The highest BCUT2D eigenvalue weighted by atomic mass is 79.9. The van der Waals surface area contributed by atoms with E-state index in [4.69, 9.17) is 0 Å². The van der Waals surface area contributed by atoms with Gasteiger partial charge < -0.3 is 4.74 Å². The van der Waals surface area contributed by atoms with Crippen molar-refractivity contribution in [1.82, 2.24) is 4.98 Å². The number of halogens is 3. The summed E-state index contributed by atoms with van der Waals surface area (Å²) in [5.74, 6) is 0.415. The van der Waals surface area contributed by atoms with Crippen molar-refractivity contribution in [2.45, 2.75) is 13.5 Å². The summed E-state index contributed by atoms with van der Waals surface area (Å²) in [5.41, 5.74) is 3.13. The molecule has 0 bridgehead atoms. The van der Waals surface area contributed by atoms with Crippen molar-refractivity contribution in [3.05, 3.63) is 88.0 Å². The van der Waals surface area contributed by atoms with Crippen LogP contribution in [0, 0.1) is 6.92 Å². The molecule has 1 heterocycles. The minimum atomic E-state index is -2.91. The van der Waals surface area contributed by atoms with Crippen LogP contribution in [0.1, 0.15) is 16.7 Å². The van der Waals surface area contributed by atoms with Crippen LogP contribution in [0.2, 0.25) is 0 Å². The van der Waals surface area contributed by atoms with Crippen LogP contribution < -0.4 is 4.74 Å². The monoisotopic (exact) mass is 416 g/mol. The molecule has 132 valence electrons. The number of aromatic nitrogens is 1. The molecule has 2 aromatic carbocycles. The molecular weight excluding hydrogens is 402 g/mol. The molecule has 1 aromatic heterocycles. The van der Waals surface area contributed by atoms with Crippen LogP contribution in [0.4, 0.5) is 14.6 Å². The molecule has 0 saturated heterocycles. The molecule has 0 aliphatic heterocycles. The van der Waals surface area contributed by atoms with Gasteiger partial charge in [-0.2, -0.15) is 8.78 Å². The number of ether oxygens (including phenoxy) is 1. The van der Waals surface area contributed by atoms with Gasteiger partial charge in [0.15, 0.2) is 16.2 Å². The van der Waals surface area contributed by atoms with E-state index in [9.17, 15) is 8.78 Å². The molecule has 0 N–H and O–H groups in total. The van der Waals surface area contributed by atoms with E-state index >= 15 is 0 Å². The topological polar surface area (TPSA) is 34.5 Å². The number of nitrogens with zero attached hydrogens (tertiary/aromatic N) is 2. The molecule has 0 spiro atoms. The first kappa shape index (κ1) is 18.2. The van der Waals surface area contributed by atoms with Gasteiger partial charge in [0, 0.05) is 11.1 Å². The lowest BCUT2D eigenvalue weighted by atomic mass is 10.0. The van der Waals surface area contributed by atoms with E-state index in [0.717, 1.165) is 16.8 Å². The van der Waals surface area contributed by atoms with Gasteiger partial charge in [0.1, 0.15) is 0 Å². The zero-order valence-electron chi connectivity index (χ0n) is 13.9. The molecule has 3 aromatic rings. The summed E-state index contributed by atoms with van der Waals surface area (Å²) in [6.07, 6.45) is 0. The van der Waals surface area contributed by atoms with Gasteiger partial charge in [-0.15, -0.1) is 0 Å². The highest BCUT2D eigenvalue weighted by molar-refractivity contribution is 9.10. The van der Waals surface area contributed by atoms with Crippen molar-refractivity contribution >= 4 is 27.5 Å². The Bertz CT molecular complexity index is 851. The first-order valence-corrected chi connectivity index (χ1v) is 8.65. The summed E-state index contributed by atoms with van der Waals surface area (Å²) in [4.78, 5) is 8.92. The van der Waals surface area contributed by atoms with Crippen LogP contribution in [-0.2, 0) is 0 Å². The van der Waals surface area contributed by atoms with Crippen LogP contribution in [0.15, 0.2) is 76.3 Å². The van der Waals surface area contributed by atoms with E-state index < -0.39 is 6.61 Å². The number of hydrogen-bond donors (Lipinski definition) is 0. The lowest BCUT2D eigenvalue weighted by molar-refractivity contribution is -0.0510. The van der Waals surface area contributed by atoms with E-state index in [1.165, 1.54) is 0 Å². The Labute approximate surface area is 158 Å². The summed E-state index contributed by atoms with van der Waals surface area (Å²) in [7, 11) is 0. The standard InChI is InChI=1S/C20H15BrF2N2O/c1-13-12-16(25-19(21)18(13)26-20(22)23)24-17(14-8-4-2-5-9-14)15-10-6-3-7-11-15/h2-12,20H,1H3. The minimum absolute atomic E-state index is 0.0138. The average molecular weight is 417 g/mol. The lowest BCUT2D eigenvalue weighted by Crippen LogP contribution is -2.05. The highest BCUT2D eigenvalue weighted by Crippen LogP contribution is 2.32. The second-order valence-electron chi connectivity index (χ2n) is 5.49. The van der Waals surface area contributed by atoms with Crippen LogP contribution in [-0.4, -0.2) is 17.3 Å². The molecule has 0 saturated carbocycles. The molecule has 0 unspecified atom stereocenters. The van der Waals surface area contributed by atoms with Gasteiger partial charge in [-0.3, -0.25) is 0 Å². The predicted molar refractivity (Wildman–Crippen MR) is 101 cm³/mol. The zero-order chi connectivity index (χ0) is 18.5. The molecule has 3 rings (SSSR count). The summed E-state index contributed by atoms with van der Waals surface area (Å²) in [5, 5.41) is 0. The third-order valence-electron chi connectivity index (χ3n) is 3.63. The third-order valence-corrected chi connectivity index (χ3v) is 4.17. The Morgan fingerprint density at radius 2 is 1.54 bits per heavy atom. The Morgan fingerprint density at radius 3 is 2.00 bits per heavy atom. The number of rotatable bonds is 5. The van der Waals surface area contributed by atoms with Crippen molar-refractivity contribution in [2.75, 3.05) is 0 Å². The second kappa shape index (κ2) is 8.19. The largest absolute Gasteiger partial charge is 0.432 e. The summed E-state index contributed by atoms with van der Waals surface area (Å²) in [6, 6.07) is 21.1. The normalized spacial score (nSPS) is 10.7. The second-order valence-corrected chi connectivity index (χ2v) is 6.24. The summed E-state index contributed by atoms with van der Waals surface area (Å²) in [6.45, 7) is -1.24. The first-order valence-electron chi connectivity index (χ1n) is 7.86. The minimum Gasteiger partial charge on any atom is -0.432 e. The van der Waals surface area contributed by atoms with Crippen LogP contribution in [0.5, 0.6) is 5.75 Å². The van der Waals surface area contributed by atoms with Crippen LogP contribution >= 0.6 is 15.9 Å². The number of aryl methyl sites for hydroxylation is 1. The number of aliphatic imine (C=N–C) groups is 1. The van der Waals surface area contributed by atoms with Gasteiger partial charge in [-0.25, -0.2) is 9.98 Å². The van der Waals surface area contributed by atoms with Crippen LogP contribution in [0.25, 0.3) is 0 Å². The molecule has 0 fully saturated rings. The fraction of sp³-hybridized carbons (Fsp3) is 0.100. The lowest BCUT2D eigenvalue weighted by Gasteiger charge is -2.11. The molecule has 0 radical (unpaired) electrons. The molecule has 0 atom stereocenters. The van der Waals surface area contributed by atoms with Crippen molar-refractivity contribution < 1.29 is 13.5 Å². The van der Waals surface area contributed by atoms with Gasteiger partial charge in [0.05, 0.1) is 5.71 Å². The maximum atomic E-state index is 12.5. The summed E-state index contributed by atoms with van der Waals surface area (Å²) < 4.78 is 29.8. The van der Waals surface area contributed by atoms with E-state index in [2.05, 4.69) is 30.6 Å². The van der Waals surface area contributed by atoms with Crippen molar-refractivity contribution in [2.24, 2.45) is 4.99 Å². The number of hydrogen-bond acceptors (Lipinski definition) is 3. The Balaban J connectivity index is 2.09. The molecule has 0 aliphatic carbocycles. The molecule has 26 heavy (non-hydrogen) atoms. The summed E-state index contributed by atoms with van der Waals surface area (Å²) >= 11 is 3.19. The Morgan fingerprint density at radius 1 is 1.00 bits per heavy atom. The van der Waals surface area contributed by atoms with Gasteiger partial charge in [-0.05, 0) is 34.5 Å². The van der Waals surface area contributed by atoms with Gasteiger partial charge >= 0.3 is 6.61 Å². The Kier molecular flexibility index (Phi) is 5.73. The van der Waals surface area contributed by atoms with Gasteiger partial charge in [-0.1, -0.05) is 60.7 Å². The molecule has 0 aliphatic rings. The SMILES string of the molecule is Cc1cc(N=C(c2ccccc2)c2ccccc2)nc(Br)c1OC(F)F. The average Bonchev–Trinajstić information content (AvgIpc) is 2.64. The Hall–Kier alpha value is -2.60. The van der Waals surface area contributed by atoms with Crippen LogP contribution in [0.3, 0.4) is 0 Å². The van der Waals surface area contributed by atoms with Gasteiger partial charge in [0.25, 0.3) is 0 Å². The van der Waals surface area contributed by atoms with Crippen molar-refractivity contribution in [3.63, 3.8) is 0 Å². The van der Waals surface area contributed by atoms with E-state index in [1.54, 1.807) is 13.0 Å². The maximum absolute atomic E-state index is 12.5. The first-order chi connectivity index (χ1) is 12.5. The molecule has 3 nitrogen and oxygen atoms in total. The van der Waals surface area contributed by atoms with Crippen molar-refractivity contribution in [3.8, 4) is 5.75 Å². The molecular formula is C20H15BrF2N2O. The van der Waals surface area contributed by atoms with Crippen molar-refractivity contribution in [1.29, 1.82) is 0 Å². The molecule has 6 heteroatoms. The third kappa shape index (κ3) is 4.32. The zero-order valence-corrected chi connectivity index (χ0v) is 15.5. The highest BCUT2D eigenvalue weighted by Gasteiger charge is 2.15.